The first-order valence-electron chi connectivity index (χ1n) is 5.99. The van der Waals surface area contributed by atoms with Gasteiger partial charge in [-0.15, -0.1) is 0 Å². The van der Waals surface area contributed by atoms with Crippen molar-refractivity contribution in [2.45, 2.75) is 58.4 Å². The molecule has 1 aliphatic rings. The van der Waals surface area contributed by atoms with Gasteiger partial charge in [-0.25, -0.2) is 0 Å². The molecule has 2 nitrogen and oxygen atoms in total. The number of rotatable bonds is 5. The van der Waals surface area contributed by atoms with Crippen molar-refractivity contribution in [3.8, 4) is 0 Å². The van der Waals surface area contributed by atoms with Gasteiger partial charge in [-0.1, -0.05) is 20.8 Å². The number of carbonyl (C=O) groups is 1. The summed E-state index contributed by atoms with van der Waals surface area (Å²) in [5, 5.41) is 0. The predicted octanol–water partition coefficient (Wildman–Crippen LogP) is 2.62. The Morgan fingerprint density at radius 2 is 1.64 bits per heavy atom. The number of hydrogen-bond acceptors (Lipinski definition) is 2. The third-order valence-electron chi connectivity index (χ3n) is 3.72. The zero-order valence-corrected chi connectivity index (χ0v) is 9.81. The third-order valence-corrected chi connectivity index (χ3v) is 3.72. The molecule has 2 heteroatoms. The van der Waals surface area contributed by atoms with Gasteiger partial charge in [-0.2, -0.15) is 0 Å². The molecule has 0 unspecified atom stereocenters. The minimum Gasteiger partial charge on any atom is -0.298 e. The van der Waals surface area contributed by atoms with Crippen LogP contribution in [0.3, 0.4) is 0 Å². The maximum atomic E-state index is 12.0. The Balaban J connectivity index is 2.83. The van der Waals surface area contributed by atoms with Gasteiger partial charge in [0, 0.05) is 6.42 Å². The number of Topliss-reactive ketones (excluding diaryl/α,β-unsaturated/α-hetero) is 1. The van der Waals surface area contributed by atoms with Crippen LogP contribution < -0.4 is 0 Å². The molecule has 0 spiro atoms. The van der Waals surface area contributed by atoms with Crippen LogP contribution >= 0.6 is 0 Å². The Hall–Kier alpha value is -0.370. The Bertz CT molecular complexity index is 190. The van der Waals surface area contributed by atoms with Gasteiger partial charge in [0.2, 0.25) is 0 Å². The first-order chi connectivity index (χ1) is 6.71. The summed E-state index contributed by atoms with van der Waals surface area (Å²) in [5.41, 5.74) is -0.134. The maximum absolute atomic E-state index is 12.0. The SMILES string of the molecule is CCC(=O)C(CC)(CC)N1CCCC1. The quantitative estimate of drug-likeness (QED) is 0.675. The van der Waals surface area contributed by atoms with Crippen LogP contribution in [0.25, 0.3) is 0 Å². The summed E-state index contributed by atoms with van der Waals surface area (Å²) in [6.07, 6.45) is 5.14. The van der Waals surface area contributed by atoms with Gasteiger partial charge in [-0.05, 0) is 38.8 Å². The van der Waals surface area contributed by atoms with Crippen LogP contribution in [-0.4, -0.2) is 29.3 Å². The van der Waals surface area contributed by atoms with Crippen molar-refractivity contribution in [1.82, 2.24) is 4.90 Å². The number of hydrogen-bond donors (Lipinski definition) is 0. The zero-order valence-electron chi connectivity index (χ0n) is 9.81. The van der Waals surface area contributed by atoms with Crippen LogP contribution in [0.5, 0.6) is 0 Å². The average Bonchev–Trinajstić information content (AvgIpc) is 2.74. The Labute approximate surface area is 87.7 Å². The number of ketones is 1. The highest BCUT2D eigenvalue weighted by Crippen LogP contribution is 2.29. The molecule has 1 rings (SSSR count). The predicted molar refractivity (Wildman–Crippen MR) is 59.4 cm³/mol. The Morgan fingerprint density at radius 1 is 1.14 bits per heavy atom. The van der Waals surface area contributed by atoms with E-state index in [2.05, 4.69) is 18.7 Å². The first kappa shape index (κ1) is 11.7. The standard InChI is InChI=1S/C12H23NO/c1-4-11(14)12(5-2,6-3)13-9-7-8-10-13/h4-10H2,1-3H3. The molecule has 0 aromatic carbocycles. The van der Waals surface area contributed by atoms with Crippen molar-refractivity contribution >= 4 is 5.78 Å². The van der Waals surface area contributed by atoms with E-state index in [4.69, 9.17) is 0 Å². The second-order valence-corrected chi connectivity index (χ2v) is 4.21. The summed E-state index contributed by atoms with van der Waals surface area (Å²) in [4.78, 5) is 14.5. The molecule has 1 aliphatic heterocycles. The second-order valence-electron chi connectivity index (χ2n) is 4.21. The molecule has 0 atom stereocenters. The van der Waals surface area contributed by atoms with Gasteiger partial charge in [-0.3, -0.25) is 9.69 Å². The van der Waals surface area contributed by atoms with Gasteiger partial charge in [0.05, 0.1) is 5.54 Å². The van der Waals surface area contributed by atoms with Crippen LogP contribution in [0, 0.1) is 0 Å². The lowest BCUT2D eigenvalue weighted by Gasteiger charge is -2.39. The fraction of sp³-hybridized carbons (Fsp3) is 0.917. The highest BCUT2D eigenvalue weighted by atomic mass is 16.1. The number of nitrogens with zero attached hydrogens (tertiary/aromatic N) is 1. The molecule has 14 heavy (non-hydrogen) atoms. The molecule has 0 radical (unpaired) electrons. The second kappa shape index (κ2) is 4.92. The lowest BCUT2D eigenvalue weighted by Crippen LogP contribution is -2.52. The molecule has 0 saturated carbocycles. The van der Waals surface area contributed by atoms with E-state index < -0.39 is 0 Å². The largest absolute Gasteiger partial charge is 0.298 e. The van der Waals surface area contributed by atoms with E-state index in [9.17, 15) is 4.79 Å². The summed E-state index contributed by atoms with van der Waals surface area (Å²) in [6.45, 7) is 8.52. The van der Waals surface area contributed by atoms with Crippen LogP contribution in [0.1, 0.15) is 52.9 Å². The van der Waals surface area contributed by atoms with E-state index in [1.165, 1.54) is 12.8 Å². The summed E-state index contributed by atoms with van der Waals surface area (Å²) < 4.78 is 0. The third kappa shape index (κ3) is 1.85. The topological polar surface area (TPSA) is 20.3 Å². The fourth-order valence-corrected chi connectivity index (χ4v) is 2.74. The van der Waals surface area contributed by atoms with Crippen LogP contribution in [0.4, 0.5) is 0 Å². The highest BCUT2D eigenvalue weighted by Gasteiger charge is 2.40. The van der Waals surface area contributed by atoms with E-state index in [-0.39, 0.29) is 5.54 Å². The van der Waals surface area contributed by atoms with Gasteiger partial charge in [0.1, 0.15) is 0 Å². The van der Waals surface area contributed by atoms with E-state index in [1.54, 1.807) is 0 Å². The zero-order chi connectivity index (χ0) is 10.6. The van der Waals surface area contributed by atoms with E-state index in [1.807, 2.05) is 6.92 Å². The van der Waals surface area contributed by atoms with Crippen LogP contribution in [0.2, 0.25) is 0 Å². The molecule has 1 fully saturated rings. The molecule has 0 amide bonds. The van der Waals surface area contributed by atoms with Gasteiger partial charge in [0.15, 0.2) is 5.78 Å². The van der Waals surface area contributed by atoms with E-state index in [0.29, 0.717) is 12.2 Å². The van der Waals surface area contributed by atoms with Crippen molar-refractivity contribution in [2.24, 2.45) is 0 Å². The lowest BCUT2D eigenvalue weighted by atomic mass is 9.85. The van der Waals surface area contributed by atoms with Crippen molar-refractivity contribution in [1.29, 1.82) is 0 Å². The molecule has 82 valence electrons. The molecule has 0 aliphatic carbocycles. The summed E-state index contributed by atoms with van der Waals surface area (Å²) in [5.74, 6) is 0.435. The summed E-state index contributed by atoms with van der Waals surface area (Å²) in [6, 6.07) is 0. The molecule has 0 aromatic heterocycles. The smallest absolute Gasteiger partial charge is 0.152 e. The molecule has 0 aromatic rings. The molecule has 1 saturated heterocycles. The van der Waals surface area contributed by atoms with Crippen LogP contribution in [-0.2, 0) is 4.79 Å². The summed E-state index contributed by atoms with van der Waals surface area (Å²) in [7, 11) is 0. The van der Waals surface area contributed by atoms with E-state index in [0.717, 1.165) is 25.9 Å². The molecular formula is C12H23NO. The van der Waals surface area contributed by atoms with Gasteiger partial charge in [0.25, 0.3) is 0 Å². The lowest BCUT2D eigenvalue weighted by molar-refractivity contribution is -0.131. The summed E-state index contributed by atoms with van der Waals surface area (Å²) >= 11 is 0. The van der Waals surface area contributed by atoms with Gasteiger partial charge >= 0.3 is 0 Å². The molecule has 0 bridgehead atoms. The Kier molecular flexibility index (Phi) is 4.11. The van der Waals surface area contributed by atoms with Crippen LogP contribution in [0.15, 0.2) is 0 Å². The minimum absolute atomic E-state index is 0.134. The number of carbonyl (C=O) groups excluding carboxylic acids is 1. The highest BCUT2D eigenvalue weighted by molar-refractivity contribution is 5.88. The number of likely N-dealkylation sites (tertiary alicyclic amines) is 1. The fourth-order valence-electron chi connectivity index (χ4n) is 2.74. The normalized spacial score (nSPS) is 18.8. The monoisotopic (exact) mass is 197 g/mol. The Morgan fingerprint density at radius 3 is 2.00 bits per heavy atom. The van der Waals surface area contributed by atoms with Crippen molar-refractivity contribution in [3.05, 3.63) is 0 Å². The van der Waals surface area contributed by atoms with Gasteiger partial charge < -0.3 is 0 Å². The van der Waals surface area contributed by atoms with Crippen molar-refractivity contribution < 1.29 is 4.79 Å². The molecule has 0 N–H and O–H groups in total. The molecule has 1 heterocycles. The van der Waals surface area contributed by atoms with Crippen molar-refractivity contribution in [2.75, 3.05) is 13.1 Å². The van der Waals surface area contributed by atoms with Crippen molar-refractivity contribution in [3.63, 3.8) is 0 Å². The first-order valence-corrected chi connectivity index (χ1v) is 5.99. The molecular weight excluding hydrogens is 174 g/mol. The average molecular weight is 197 g/mol. The van der Waals surface area contributed by atoms with E-state index >= 15 is 0 Å². The minimum atomic E-state index is -0.134. The maximum Gasteiger partial charge on any atom is 0.152 e.